The average Bonchev–Trinajstić information content (AvgIpc) is 2.37. The third-order valence-electron chi connectivity index (χ3n) is 2.90. The van der Waals surface area contributed by atoms with Crippen LogP contribution in [0.5, 0.6) is 11.5 Å². The topological polar surface area (TPSA) is 30.5 Å². The van der Waals surface area contributed by atoms with Crippen molar-refractivity contribution in [2.24, 2.45) is 5.92 Å². The summed E-state index contributed by atoms with van der Waals surface area (Å²) in [5.74, 6) is 2.20. The fraction of sp³-hybridized carbons (Fsp3) is 0.467. The second kappa shape index (κ2) is 7.07. The summed E-state index contributed by atoms with van der Waals surface area (Å²) in [6, 6.07) is 5.84. The van der Waals surface area contributed by atoms with E-state index in [-0.39, 0.29) is 0 Å². The summed E-state index contributed by atoms with van der Waals surface area (Å²) in [4.78, 5) is 0. The first-order valence-corrected chi connectivity index (χ1v) is 6.19. The number of methoxy groups -OCH3 is 2. The van der Waals surface area contributed by atoms with Gasteiger partial charge in [0.15, 0.2) is 0 Å². The molecule has 3 nitrogen and oxygen atoms in total. The molecule has 0 spiro atoms. The molecule has 0 aromatic heterocycles. The fourth-order valence-corrected chi connectivity index (χ4v) is 1.78. The number of hydrogen-bond donors (Lipinski definition) is 1. The van der Waals surface area contributed by atoms with Gasteiger partial charge in [-0.15, -0.1) is 0 Å². The third kappa shape index (κ3) is 3.77. The van der Waals surface area contributed by atoms with Crippen molar-refractivity contribution < 1.29 is 9.47 Å². The number of ether oxygens (including phenoxy) is 2. The number of hydrogen-bond acceptors (Lipinski definition) is 3. The van der Waals surface area contributed by atoms with Crippen LogP contribution in [0.3, 0.4) is 0 Å². The van der Waals surface area contributed by atoms with E-state index in [1.165, 1.54) is 5.57 Å². The lowest BCUT2D eigenvalue weighted by molar-refractivity contribution is 0.402. The molecule has 0 aliphatic carbocycles. The van der Waals surface area contributed by atoms with Crippen LogP contribution in [-0.2, 0) is 0 Å². The van der Waals surface area contributed by atoms with Crippen LogP contribution in [0.25, 0.3) is 6.08 Å². The molecule has 0 saturated heterocycles. The van der Waals surface area contributed by atoms with Crippen molar-refractivity contribution in [2.45, 2.75) is 13.8 Å². The molecule has 0 aliphatic rings. The average molecular weight is 249 g/mol. The maximum atomic E-state index is 5.38. The van der Waals surface area contributed by atoms with Gasteiger partial charge in [0.2, 0.25) is 0 Å². The standard InChI is InChI=1S/C15H23NO2/c1-11(2)13(10-16-3)8-12-9-14(17-4)6-7-15(12)18-5/h6-9,11,16H,10H2,1-5H3. The van der Waals surface area contributed by atoms with Gasteiger partial charge in [-0.05, 0) is 31.2 Å². The molecule has 0 atom stereocenters. The van der Waals surface area contributed by atoms with Crippen LogP contribution >= 0.6 is 0 Å². The fourth-order valence-electron chi connectivity index (χ4n) is 1.78. The van der Waals surface area contributed by atoms with Crippen LogP contribution in [-0.4, -0.2) is 27.8 Å². The summed E-state index contributed by atoms with van der Waals surface area (Å²) in [7, 11) is 5.32. The maximum absolute atomic E-state index is 5.38. The van der Waals surface area contributed by atoms with Crippen LogP contribution < -0.4 is 14.8 Å². The largest absolute Gasteiger partial charge is 0.497 e. The molecule has 1 N–H and O–H groups in total. The SMILES string of the molecule is CNCC(=Cc1cc(OC)ccc1OC)C(C)C. The maximum Gasteiger partial charge on any atom is 0.126 e. The Bertz CT molecular complexity index is 411. The van der Waals surface area contributed by atoms with Gasteiger partial charge in [-0.25, -0.2) is 0 Å². The van der Waals surface area contributed by atoms with Crippen molar-refractivity contribution in [3.8, 4) is 11.5 Å². The van der Waals surface area contributed by atoms with Gasteiger partial charge in [0.25, 0.3) is 0 Å². The first-order chi connectivity index (χ1) is 8.62. The Morgan fingerprint density at radius 3 is 2.50 bits per heavy atom. The summed E-state index contributed by atoms with van der Waals surface area (Å²) in [6.07, 6.45) is 2.17. The summed E-state index contributed by atoms with van der Waals surface area (Å²) >= 11 is 0. The second-order valence-electron chi connectivity index (χ2n) is 4.51. The molecule has 0 radical (unpaired) electrons. The minimum Gasteiger partial charge on any atom is -0.497 e. The molecule has 100 valence electrons. The second-order valence-corrected chi connectivity index (χ2v) is 4.51. The Kier molecular flexibility index (Phi) is 5.72. The highest BCUT2D eigenvalue weighted by molar-refractivity contribution is 5.62. The zero-order valence-electron chi connectivity index (χ0n) is 11.9. The van der Waals surface area contributed by atoms with Crippen LogP contribution in [0.2, 0.25) is 0 Å². The first kappa shape index (κ1) is 14.6. The van der Waals surface area contributed by atoms with Crippen molar-refractivity contribution in [1.29, 1.82) is 0 Å². The van der Waals surface area contributed by atoms with Gasteiger partial charge in [0.1, 0.15) is 11.5 Å². The molecule has 0 fully saturated rings. The number of nitrogens with one attached hydrogen (secondary N) is 1. The summed E-state index contributed by atoms with van der Waals surface area (Å²) in [5, 5.41) is 3.20. The lowest BCUT2D eigenvalue weighted by Gasteiger charge is -2.13. The summed E-state index contributed by atoms with van der Waals surface area (Å²) in [5.41, 5.74) is 2.39. The van der Waals surface area contributed by atoms with Gasteiger partial charge in [-0.1, -0.05) is 25.5 Å². The van der Waals surface area contributed by atoms with E-state index < -0.39 is 0 Å². The smallest absolute Gasteiger partial charge is 0.126 e. The normalized spacial score (nSPS) is 11.8. The van der Waals surface area contributed by atoms with E-state index in [9.17, 15) is 0 Å². The Morgan fingerprint density at radius 1 is 1.28 bits per heavy atom. The highest BCUT2D eigenvalue weighted by atomic mass is 16.5. The Balaban J connectivity index is 3.15. The number of rotatable bonds is 6. The molecular formula is C15H23NO2. The molecule has 0 heterocycles. The Labute approximate surface area is 110 Å². The van der Waals surface area contributed by atoms with E-state index in [2.05, 4.69) is 25.2 Å². The minimum atomic E-state index is 0.494. The number of benzene rings is 1. The molecular weight excluding hydrogens is 226 g/mol. The van der Waals surface area contributed by atoms with Crippen molar-refractivity contribution in [1.82, 2.24) is 5.32 Å². The molecule has 1 rings (SSSR count). The molecule has 0 amide bonds. The van der Waals surface area contributed by atoms with Gasteiger partial charge in [-0.2, -0.15) is 0 Å². The van der Waals surface area contributed by atoms with Gasteiger partial charge in [-0.3, -0.25) is 0 Å². The molecule has 0 saturated carbocycles. The highest BCUT2D eigenvalue weighted by Crippen LogP contribution is 2.27. The van der Waals surface area contributed by atoms with Crippen LogP contribution in [0.15, 0.2) is 23.8 Å². The van der Waals surface area contributed by atoms with Crippen LogP contribution in [0.4, 0.5) is 0 Å². The van der Waals surface area contributed by atoms with Gasteiger partial charge < -0.3 is 14.8 Å². The van der Waals surface area contributed by atoms with Gasteiger partial charge >= 0.3 is 0 Å². The van der Waals surface area contributed by atoms with Gasteiger partial charge in [0, 0.05) is 12.1 Å². The lowest BCUT2D eigenvalue weighted by atomic mass is 10.00. The van der Waals surface area contributed by atoms with E-state index in [1.807, 2.05) is 25.2 Å². The first-order valence-electron chi connectivity index (χ1n) is 6.19. The highest BCUT2D eigenvalue weighted by Gasteiger charge is 2.07. The Hall–Kier alpha value is -1.48. The minimum absolute atomic E-state index is 0.494. The van der Waals surface area contributed by atoms with Crippen molar-refractivity contribution in [3.05, 3.63) is 29.3 Å². The zero-order valence-corrected chi connectivity index (χ0v) is 11.9. The predicted octanol–water partition coefficient (Wildman–Crippen LogP) is 2.96. The lowest BCUT2D eigenvalue weighted by Crippen LogP contribution is -2.13. The molecule has 1 aromatic rings. The van der Waals surface area contributed by atoms with Crippen molar-refractivity contribution >= 4 is 6.08 Å². The van der Waals surface area contributed by atoms with Crippen LogP contribution in [0.1, 0.15) is 19.4 Å². The number of likely N-dealkylation sites (N-methyl/N-ethyl adjacent to an activating group) is 1. The van der Waals surface area contributed by atoms with Crippen molar-refractivity contribution in [3.63, 3.8) is 0 Å². The monoisotopic (exact) mass is 249 g/mol. The van der Waals surface area contributed by atoms with E-state index in [1.54, 1.807) is 14.2 Å². The quantitative estimate of drug-likeness (QED) is 0.840. The summed E-state index contributed by atoms with van der Waals surface area (Å²) < 4.78 is 10.6. The molecule has 3 heteroatoms. The predicted molar refractivity (Wildman–Crippen MR) is 76.3 cm³/mol. The van der Waals surface area contributed by atoms with Crippen molar-refractivity contribution in [2.75, 3.05) is 27.8 Å². The van der Waals surface area contributed by atoms with Crippen LogP contribution in [0, 0.1) is 5.92 Å². The van der Waals surface area contributed by atoms with Gasteiger partial charge in [0.05, 0.1) is 14.2 Å². The van der Waals surface area contributed by atoms with E-state index >= 15 is 0 Å². The van der Waals surface area contributed by atoms with E-state index in [0.717, 1.165) is 23.6 Å². The van der Waals surface area contributed by atoms with E-state index in [4.69, 9.17) is 9.47 Å². The molecule has 0 aliphatic heterocycles. The molecule has 0 bridgehead atoms. The molecule has 1 aromatic carbocycles. The summed E-state index contributed by atoms with van der Waals surface area (Å²) in [6.45, 7) is 5.25. The zero-order chi connectivity index (χ0) is 13.5. The molecule has 18 heavy (non-hydrogen) atoms. The third-order valence-corrected chi connectivity index (χ3v) is 2.90. The molecule has 0 unspecified atom stereocenters. The van der Waals surface area contributed by atoms with E-state index in [0.29, 0.717) is 5.92 Å². The Morgan fingerprint density at radius 2 is 2.00 bits per heavy atom.